The van der Waals surface area contributed by atoms with Gasteiger partial charge in [0.1, 0.15) is 18.5 Å². The third-order valence-electron chi connectivity index (χ3n) is 3.54. The van der Waals surface area contributed by atoms with E-state index in [1.807, 2.05) is 6.08 Å². The van der Waals surface area contributed by atoms with Crippen LogP contribution in [0, 0.1) is 16.0 Å². The molecule has 0 aromatic rings. The molecular weight excluding hydrogens is 297 g/mol. The van der Waals surface area contributed by atoms with E-state index in [4.69, 9.17) is 4.74 Å². The highest BCUT2D eigenvalue weighted by Crippen LogP contribution is 2.21. The molecule has 0 saturated carbocycles. The Morgan fingerprint density at radius 2 is 2.22 bits per heavy atom. The van der Waals surface area contributed by atoms with E-state index < -0.39 is 6.17 Å². The van der Waals surface area contributed by atoms with E-state index in [9.17, 15) is 14.5 Å². The van der Waals surface area contributed by atoms with Crippen LogP contribution < -0.4 is 0 Å². The number of nitrogens with zero attached hydrogens (tertiary/aromatic N) is 1. The van der Waals surface area contributed by atoms with E-state index in [2.05, 4.69) is 6.58 Å². The quantitative estimate of drug-likeness (QED) is 0.277. The van der Waals surface area contributed by atoms with Gasteiger partial charge in [-0.3, -0.25) is 10.1 Å². The second kappa shape index (κ2) is 9.08. The Morgan fingerprint density at radius 3 is 2.78 bits per heavy atom. The number of hydrogen-bond acceptors (Lipinski definition) is 3. The first-order valence-corrected chi connectivity index (χ1v) is 7.69. The molecule has 0 spiro atoms. The first kappa shape index (κ1) is 18.9. The summed E-state index contributed by atoms with van der Waals surface area (Å²) in [5.41, 5.74) is 1.14. The largest absolute Gasteiger partial charge is 0.489 e. The molecule has 1 aliphatic rings. The van der Waals surface area contributed by atoms with Gasteiger partial charge in [-0.15, -0.1) is 0 Å². The standard InChI is InChI=1S/C18H24FNO3/c1-5-16(11-10-14(4)18(19)13(2)3)23-12-15-8-6-7-9-17(15)20(21)22/h5-6,8,10-11,13,18H,4,7,9,12H2,1-3H3/b11-10-,16-5+. The third kappa shape index (κ3) is 5.85. The maximum absolute atomic E-state index is 13.8. The molecule has 1 rings (SSSR count). The van der Waals surface area contributed by atoms with Gasteiger partial charge >= 0.3 is 0 Å². The molecule has 1 aliphatic carbocycles. The van der Waals surface area contributed by atoms with Crippen molar-refractivity contribution in [3.63, 3.8) is 0 Å². The van der Waals surface area contributed by atoms with Gasteiger partial charge in [-0.25, -0.2) is 4.39 Å². The summed E-state index contributed by atoms with van der Waals surface area (Å²) in [7, 11) is 0. The predicted octanol–water partition coefficient (Wildman–Crippen LogP) is 4.89. The molecule has 126 valence electrons. The Bertz CT molecular complexity index is 571. The summed E-state index contributed by atoms with van der Waals surface area (Å²) in [5.74, 6) is 0.388. The molecule has 0 N–H and O–H groups in total. The highest BCUT2D eigenvalue weighted by atomic mass is 19.1. The van der Waals surface area contributed by atoms with Crippen molar-refractivity contribution in [1.82, 2.24) is 0 Å². The van der Waals surface area contributed by atoms with E-state index >= 15 is 0 Å². The number of halogens is 1. The second-order valence-corrected chi connectivity index (χ2v) is 5.70. The fourth-order valence-corrected chi connectivity index (χ4v) is 2.14. The Balaban J connectivity index is 2.69. The van der Waals surface area contributed by atoms with Crippen molar-refractivity contribution in [3.05, 3.63) is 69.7 Å². The van der Waals surface area contributed by atoms with Crippen molar-refractivity contribution in [1.29, 1.82) is 0 Å². The van der Waals surface area contributed by atoms with Gasteiger partial charge in [0.25, 0.3) is 5.70 Å². The number of ether oxygens (including phenoxy) is 1. The summed E-state index contributed by atoms with van der Waals surface area (Å²) in [6, 6.07) is 0. The predicted molar refractivity (Wildman–Crippen MR) is 90.1 cm³/mol. The highest BCUT2D eigenvalue weighted by Gasteiger charge is 2.19. The van der Waals surface area contributed by atoms with Crippen LogP contribution in [0.3, 0.4) is 0 Å². The normalized spacial score (nSPS) is 17.0. The number of alkyl halides is 1. The second-order valence-electron chi connectivity index (χ2n) is 5.70. The van der Waals surface area contributed by atoms with Gasteiger partial charge in [-0.2, -0.15) is 0 Å². The topological polar surface area (TPSA) is 52.4 Å². The molecule has 4 nitrogen and oxygen atoms in total. The van der Waals surface area contributed by atoms with E-state index in [-0.39, 0.29) is 23.1 Å². The fourth-order valence-electron chi connectivity index (χ4n) is 2.14. The molecule has 1 atom stereocenters. The zero-order valence-corrected chi connectivity index (χ0v) is 13.9. The number of hydrogen-bond donors (Lipinski definition) is 0. The lowest BCUT2D eigenvalue weighted by Gasteiger charge is -2.13. The van der Waals surface area contributed by atoms with Crippen molar-refractivity contribution in [2.24, 2.45) is 5.92 Å². The van der Waals surface area contributed by atoms with E-state index in [1.165, 1.54) is 0 Å². The minimum absolute atomic E-state index is 0.118. The van der Waals surface area contributed by atoms with Gasteiger partial charge in [0, 0.05) is 6.42 Å². The summed E-state index contributed by atoms with van der Waals surface area (Å²) in [4.78, 5) is 10.7. The molecule has 0 aromatic heterocycles. The number of rotatable bonds is 8. The number of allylic oxidation sites excluding steroid dienone is 6. The van der Waals surface area contributed by atoms with Crippen LogP contribution in [0.5, 0.6) is 0 Å². The Hall–Kier alpha value is -2.17. The van der Waals surface area contributed by atoms with E-state index in [1.54, 1.807) is 45.1 Å². The Kier molecular flexibility index (Phi) is 7.45. The van der Waals surface area contributed by atoms with Gasteiger partial charge in [-0.1, -0.05) is 38.7 Å². The minimum atomic E-state index is -1.10. The lowest BCUT2D eigenvalue weighted by molar-refractivity contribution is -0.429. The van der Waals surface area contributed by atoms with Crippen LogP contribution in [0.4, 0.5) is 4.39 Å². The molecule has 0 bridgehead atoms. The fraction of sp³-hybridized carbons (Fsp3) is 0.444. The zero-order valence-electron chi connectivity index (χ0n) is 13.9. The minimum Gasteiger partial charge on any atom is -0.489 e. The van der Waals surface area contributed by atoms with Crippen LogP contribution in [0.15, 0.2) is 59.6 Å². The van der Waals surface area contributed by atoms with Gasteiger partial charge < -0.3 is 4.74 Å². The summed E-state index contributed by atoms with van der Waals surface area (Å²) in [6.45, 7) is 9.20. The van der Waals surface area contributed by atoms with Gasteiger partial charge in [0.05, 0.1) is 10.5 Å². The van der Waals surface area contributed by atoms with E-state index in [0.717, 1.165) is 0 Å². The maximum Gasteiger partial charge on any atom is 0.253 e. The SMILES string of the molecule is C=C(/C=C\C(=C/C)OCC1=C([N+](=O)[O-])CCC=C1)C(F)C(C)C. The third-order valence-corrected chi connectivity index (χ3v) is 3.54. The van der Waals surface area contributed by atoms with Crippen LogP contribution in [0.25, 0.3) is 0 Å². The van der Waals surface area contributed by atoms with Gasteiger partial charge in [0.15, 0.2) is 0 Å². The smallest absolute Gasteiger partial charge is 0.253 e. The first-order valence-electron chi connectivity index (χ1n) is 7.69. The monoisotopic (exact) mass is 321 g/mol. The molecular formula is C18H24FNO3. The van der Waals surface area contributed by atoms with Crippen molar-refractivity contribution >= 4 is 0 Å². The average Bonchev–Trinajstić information content (AvgIpc) is 2.54. The van der Waals surface area contributed by atoms with Crippen molar-refractivity contribution < 1.29 is 14.1 Å². The number of nitro groups is 1. The summed E-state index contributed by atoms with van der Waals surface area (Å²) in [5, 5.41) is 11.0. The van der Waals surface area contributed by atoms with Crippen LogP contribution in [-0.4, -0.2) is 17.7 Å². The maximum atomic E-state index is 13.8. The van der Waals surface area contributed by atoms with Crippen LogP contribution in [0.1, 0.15) is 33.6 Å². The van der Waals surface area contributed by atoms with Crippen molar-refractivity contribution in [2.45, 2.75) is 39.8 Å². The molecule has 0 amide bonds. The molecule has 0 aromatic carbocycles. The molecule has 0 aliphatic heterocycles. The summed E-state index contributed by atoms with van der Waals surface area (Å²) in [6.07, 6.45) is 8.56. The van der Waals surface area contributed by atoms with Crippen LogP contribution >= 0.6 is 0 Å². The van der Waals surface area contributed by atoms with Gasteiger partial charge in [-0.05, 0) is 37.0 Å². The summed E-state index contributed by atoms with van der Waals surface area (Å²) < 4.78 is 19.4. The lowest BCUT2D eigenvalue weighted by Crippen LogP contribution is -2.10. The zero-order chi connectivity index (χ0) is 17.4. The molecule has 5 heteroatoms. The molecule has 0 radical (unpaired) electrons. The lowest BCUT2D eigenvalue weighted by atomic mass is 10.0. The Morgan fingerprint density at radius 1 is 1.52 bits per heavy atom. The molecule has 23 heavy (non-hydrogen) atoms. The average molecular weight is 321 g/mol. The summed E-state index contributed by atoms with van der Waals surface area (Å²) >= 11 is 0. The molecule has 0 saturated heterocycles. The van der Waals surface area contributed by atoms with Gasteiger partial charge in [0.2, 0.25) is 0 Å². The molecule has 0 heterocycles. The molecule has 1 unspecified atom stereocenters. The van der Waals surface area contributed by atoms with E-state index in [0.29, 0.717) is 29.7 Å². The first-order chi connectivity index (χ1) is 10.9. The highest BCUT2D eigenvalue weighted by molar-refractivity contribution is 5.29. The van der Waals surface area contributed by atoms with Crippen LogP contribution in [-0.2, 0) is 4.74 Å². The van der Waals surface area contributed by atoms with Crippen molar-refractivity contribution in [3.8, 4) is 0 Å². The molecule has 0 fully saturated rings. The Labute approximate surface area is 136 Å². The van der Waals surface area contributed by atoms with Crippen molar-refractivity contribution in [2.75, 3.05) is 6.61 Å². The van der Waals surface area contributed by atoms with Crippen LogP contribution in [0.2, 0.25) is 0 Å².